The summed E-state index contributed by atoms with van der Waals surface area (Å²) >= 11 is 0. The van der Waals surface area contributed by atoms with Gasteiger partial charge < -0.3 is 4.74 Å². The number of aromatic nitrogens is 1. The molecular formula is C23H26N2O8S2. The molecule has 1 aromatic heterocycles. The molecular weight excluding hydrogens is 496 g/mol. The number of benzene rings is 1. The lowest BCUT2D eigenvalue weighted by Gasteiger charge is -2.31. The Bertz CT molecular complexity index is 1470. The maximum absolute atomic E-state index is 13.2. The minimum atomic E-state index is -3.87. The van der Waals surface area contributed by atoms with Gasteiger partial charge in [-0.1, -0.05) is 0 Å². The van der Waals surface area contributed by atoms with Crippen molar-refractivity contribution in [3.8, 4) is 11.8 Å². The molecule has 0 bridgehead atoms. The van der Waals surface area contributed by atoms with E-state index in [2.05, 4.69) is 6.07 Å². The normalized spacial score (nSPS) is 15.9. The minimum Gasteiger partial charge on any atom is -0.483 e. The smallest absolute Gasteiger partial charge is 0.264 e. The third-order valence-electron chi connectivity index (χ3n) is 5.02. The number of pyridine rings is 1. The van der Waals surface area contributed by atoms with Gasteiger partial charge >= 0.3 is 0 Å². The van der Waals surface area contributed by atoms with Crippen molar-refractivity contribution in [3.05, 3.63) is 69.6 Å². The van der Waals surface area contributed by atoms with Crippen LogP contribution in [0.3, 0.4) is 0 Å². The SMILES string of the molecule is CC1(C)C=C(n2ccc(C(CCCOS(C)(=O)=O)OS(C)(=O)=O)cc2=O)c2cc(C#N)ccc2O1. The Morgan fingerprint density at radius 2 is 1.83 bits per heavy atom. The summed E-state index contributed by atoms with van der Waals surface area (Å²) in [5, 5.41) is 9.29. The second-order valence-electron chi connectivity index (χ2n) is 8.68. The van der Waals surface area contributed by atoms with Gasteiger partial charge in [-0.25, -0.2) is 0 Å². The molecule has 0 saturated heterocycles. The van der Waals surface area contributed by atoms with Crippen LogP contribution in [0.1, 0.15) is 49.5 Å². The molecule has 0 spiro atoms. The maximum Gasteiger partial charge on any atom is 0.264 e. The molecule has 0 N–H and O–H groups in total. The molecule has 0 fully saturated rings. The van der Waals surface area contributed by atoms with Crippen molar-refractivity contribution in [3.63, 3.8) is 0 Å². The summed E-state index contributed by atoms with van der Waals surface area (Å²) in [7, 11) is -7.50. The van der Waals surface area contributed by atoms with Gasteiger partial charge in [-0.2, -0.15) is 22.1 Å². The summed E-state index contributed by atoms with van der Waals surface area (Å²) in [6.07, 6.45) is 4.35. The van der Waals surface area contributed by atoms with E-state index in [1.54, 1.807) is 30.3 Å². The van der Waals surface area contributed by atoms with Crippen LogP contribution in [0.5, 0.6) is 5.75 Å². The lowest BCUT2D eigenvalue weighted by Crippen LogP contribution is -2.32. The molecule has 35 heavy (non-hydrogen) atoms. The van der Waals surface area contributed by atoms with Crippen LogP contribution in [0.15, 0.2) is 47.4 Å². The van der Waals surface area contributed by atoms with E-state index < -0.39 is 37.5 Å². The van der Waals surface area contributed by atoms with E-state index >= 15 is 0 Å². The summed E-state index contributed by atoms with van der Waals surface area (Å²) in [4.78, 5) is 13.2. The zero-order valence-corrected chi connectivity index (χ0v) is 21.4. The van der Waals surface area contributed by atoms with Gasteiger partial charge in [-0.15, -0.1) is 0 Å². The van der Waals surface area contributed by atoms with Gasteiger partial charge in [0.15, 0.2) is 0 Å². The molecule has 188 valence electrons. The quantitative estimate of drug-likeness (QED) is 0.359. The lowest BCUT2D eigenvalue weighted by molar-refractivity contribution is 0.157. The Labute approximate surface area is 204 Å². The third-order valence-corrected chi connectivity index (χ3v) is 6.19. The highest BCUT2D eigenvalue weighted by molar-refractivity contribution is 7.86. The molecule has 2 heterocycles. The molecule has 1 aromatic carbocycles. The Balaban J connectivity index is 1.97. The first-order chi connectivity index (χ1) is 16.2. The second kappa shape index (κ2) is 9.94. The van der Waals surface area contributed by atoms with Gasteiger partial charge in [-0.3, -0.25) is 17.7 Å². The lowest BCUT2D eigenvalue weighted by atomic mass is 9.97. The molecule has 1 aliphatic rings. The molecule has 0 saturated carbocycles. The van der Waals surface area contributed by atoms with Crippen LogP contribution in [0.4, 0.5) is 0 Å². The first kappa shape index (κ1) is 26.6. The Kier molecular flexibility index (Phi) is 7.56. The molecule has 0 amide bonds. The highest BCUT2D eigenvalue weighted by atomic mass is 32.2. The average Bonchev–Trinajstić information content (AvgIpc) is 2.73. The fraction of sp³-hybridized carbons (Fsp3) is 0.391. The fourth-order valence-electron chi connectivity index (χ4n) is 3.66. The van der Waals surface area contributed by atoms with Crippen molar-refractivity contribution in [1.82, 2.24) is 4.57 Å². The average molecular weight is 523 g/mol. The zero-order chi connectivity index (χ0) is 26.0. The highest BCUT2D eigenvalue weighted by Crippen LogP contribution is 2.37. The number of fused-ring (bicyclic) bond motifs is 1. The predicted molar refractivity (Wildman–Crippen MR) is 129 cm³/mol. The Morgan fingerprint density at radius 3 is 2.43 bits per heavy atom. The molecule has 12 heteroatoms. The van der Waals surface area contributed by atoms with E-state index in [1.165, 1.54) is 16.8 Å². The van der Waals surface area contributed by atoms with E-state index in [0.29, 0.717) is 28.1 Å². The van der Waals surface area contributed by atoms with Crippen molar-refractivity contribution in [2.75, 3.05) is 19.1 Å². The molecule has 0 aliphatic carbocycles. The minimum absolute atomic E-state index is 0.101. The fourth-order valence-corrected chi connectivity index (χ4v) is 4.71. The molecule has 1 atom stereocenters. The highest BCUT2D eigenvalue weighted by Gasteiger charge is 2.28. The molecule has 3 rings (SSSR count). The summed E-state index contributed by atoms with van der Waals surface area (Å²) in [6, 6.07) is 9.84. The molecule has 0 radical (unpaired) electrons. The Morgan fingerprint density at radius 1 is 1.11 bits per heavy atom. The van der Waals surface area contributed by atoms with Crippen LogP contribution in [0, 0.1) is 11.3 Å². The van der Waals surface area contributed by atoms with Crippen molar-refractivity contribution >= 4 is 25.9 Å². The largest absolute Gasteiger partial charge is 0.483 e. The van der Waals surface area contributed by atoms with Gasteiger partial charge in [0.05, 0.1) is 36.4 Å². The summed E-state index contributed by atoms with van der Waals surface area (Å²) in [5.74, 6) is 0.520. The van der Waals surface area contributed by atoms with Gasteiger partial charge in [-0.05, 0) is 62.6 Å². The molecule has 1 unspecified atom stereocenters. The van der Waals surface area contributed by atoms with E-state index in [0.717, 1.165) is 12.5 Å². The summed E-state index contributed by atoms with van der Waals surface area (Å²) < 4.78 is 63.1. The summed E-state index contributed by atoms with van der Waals surface area (Å²) in [5.41, 5.74) is 0.631. The molecule has 1 aliphatic heterocycles. The van der Waals surface area contributed by atoms with Crippen molar-refractivity contribution in [2.24, 2.45) is 0 Å². The Hall–Kier alpha value is -2.98. The number of nitrogens with zero attached hydrogens (tertiary/aromatic N) is 2. The van der Waals surface area contributed by atoms with Crippen molar-refractivity contribution in [1.29, 1.82) is 5.26 Å². The topological polar surface area (TPSA) is 142 Å². The zero-order valence-electron chi connectivity index (χ0n) is 19.7. The number of hydrogen-bond donors (Lipinski definition) is 0. The molecule has 10 nitrogen and oxygen atoms in total. The van der Waals surface area contributed by atoms with Crippen LogP contribution in [0.2, 0.25) is 0 Å². The van der Waals surface area contributed by atoms with Crippen molar-refractivity contribution in [2.45, 2.75) is 38.4 Å². The van der Waals surface area contributed by atoms with Crippen LogP contribution >= 0.6 is 0 Å². The van der Waals surface area contributed by atoms with E-state index in [-0.39, 0.29) is 19.4 Å². The first-order valence-corrected chi connectivity index (χ1v) is 14.2. The number of ether oxygens (including phenoxy) is 1. The third kappa shape index (κ3) is 7.25. The van der Waals surface area contributed by atoms with Crippen LogP contribution in [0.25, 0.3) is 5.70 Å². The standard InChI is InChI=1S/C23H26N2O8S2/c1-23(2)14-19(18-12-16(15-24)7-8-21(18)32-23)25-10-9-17(13-22(25)26)20(33-35(4,29)30)6-5-11-31-34(3,27)28/h7-10,12-14,20H,5-6,11H2,1-4H3. The predicted octanol–water partition coefficient (Wildman–Crippen LogP) is 2.55. The molecule has 2 aromatic rings. The van der Waals surface area contributed by atoms with Crippen LogP contribution < -0.4 is 10.3 Å². The number of nitriles is 1. The van der Waals surface area contributed by atoms with Gasteiger partial charge in [0.2, 0.25) is 0 Å². The van der Waals surface area contributed by atoms with Gasteiger partial charge in [0, 0.05) is 17.8 Å². The van der Waals surface area contributed by atoms with Gasteiger partial charge in [0.1, 0.15) is 17.5 Å². The van der Waals surface area contributed by atoms with E-state index in [4.69, 9.17) is 13.1 Å². The first-order valence-electron chi connectivity index (χ1n) is 10.6. The number of rotatable bonds is 9. The van der Waals surface area contributed by atoms with E-state index in [1.807, 2.05) is 13.8 Å². The monoisotopic (exact) mass is 522 g/mol. The number of hydrogen-bond acceptors (Lipinski definition) is 9. The van der Waals surface area contributed by atoms with Crippen molar-refractivity contribution < 1.29 is 29.9 Å². The van der Waals surface area contributed by atoms with E-state index in [9.17, 15) is 26.9 Å². The van der Waals surface area contributed by atoms with Crippen LogP contribution in [-0.4, -0.2) is 46.1 Å². The van der Waals surface area contributed by atoms with Gasteiger partial charge in [0.25, 0.3) is 25.8 Å². The maximum atomic E-state index is 13.2. The second-order valence-corrected chi connectivity index (χ2v) is 11.9. The summed E-state index contributed by atoms with van der Waals surface area (Å²) in [6.45, 7) is 3.52. The van der Waals surface area contributed by atoms with Crippen LogP contribution in [-0.2, 0) is 28.6 Å².